The molecule has 2 atom stereocenters. The minimum absolute atomic E-state index is 0.00350. The van der Waals surface area contributed by atoms with E-state index in [4.69, 9.17) is 0 Å². The summed E-state index contributed by atoms with van der Waals surface area (Å²) in [6.45, 7) is 6.18. The maximum Gasteiger partial charge on any atom is 0.265 e. The van der Waals surface area contributed by atoms with E-state index in [1.807, 2.05) is 0 Å². The van der Waals surface area contributed by atoms with E-state index in [1.54, 1.807) is 0 Å². The van der Waals surface area contributed by atoms with E-state index >= 15 is 0 Å². The van der Waals surface area contributed by atoms with Crippen molar-refractivity contribution in [2.75, 3.05) is 0 Å². The van der Waals surface area contributed by atoms with E-state index in [9.17, 15) is 4.79 Å². The second-order valence-corrected chi connectivity index (χ2v) is 7.73. The Bertz CT molecular complexity index is 496. The van der Waals surface area contributed by atoms with Gasteiger partial charge < -0.3 is 10.6 Å². The van der Waals surface area contributed by atoms with E-state index in [0.29, 0.717) is 17.0 Å². The molecule has 0 aromatic carbocycles. The Hall–Kier alpha value is -1.01. The fourth-order valence-electron chi connectivity index (χ4n) is 3.26. The first-order chi connectivity index (χ1) is 9.43. The molecule has 3 rings (SSSR count). The van der Waals surface area contributed by atoms with Crippen LogP contribution in [0.1, 0.15) is 61.8 Å². The second kappa shape index (κ2) is 5.07. The van der Waals surface area contributed by atoms with Gasteiger partial charge >= 0.3 is 0 Å². The molecule has 6 heteroatoms. The number of piperidine rings is 1. The topological polar surface area (TPSA) is 66.9 Å². The zero-order valence-electron chi connectivity index (χ0n) is 12.3. The van der Waals surface area contributed by atoms with Gasteiger partial charge in [0.05, 0.1) is 5.69 Å². The molecule has 5 nitrogen and oxygen atoms in total. The van der Waals surface area contributed by atoms with Crippen LogP contribution in [-0.2, 0) is 5.41 Å². The van der Waals surface area contributed by atoms with Crippen LogP contribution in [0.4, 0.5) is 0 Å². The summed E-state index contributed by atoms with van der Waals surface area (Å²) in [6.07, 6.45) is 4.57. The molecule has 0 spiro atoms. The normalized spacial score (nSPS) is 29.4. The number of carbonyl (C=O) groups is 1. The summed E-state index contributed by atoms with van der Waals surface area (Å²) in [7, 11) is 0. The first kappa shape index (κ1) is 13.9. The standard InChI is InChI=1S/C14H22N4OS/c1-14(2,3)12-11(20-18-17-12)13(19)16-10-6-8-4-5-9(7-10)15-8/h8-10,15H,4-7H2,1-3H3,(H,16,19). The van der Waals surface area contributed by atoms with Crippen LogP contribution in [0.3, 0.4) is 0 Å². The predicted octanol–water partition coefficient (Wildman–Crippen LogP) is 1.85. The first-order valence-corrected chi connectivity index (χ1v) is 8.10. The molecule has 1 amide bonds. The largest absolute Gasteiger partial charge is 0.348 e. The minimum Gasteiger partial charge on any atom is -0.348 e. The van der Waals surface area contributed by atoms with Crippen LogP contribution in [0.15, 0.2) is 0 Å². The maximum atomic E-state index is 12.5. The van der Waals surface area contributed by atoms with Gasteiger partial charge in [-0.1, -0.05) is 25.3 Å². The highest BCUT2D eigenvalue weighted by Crippen LogP contribution is 2.28. The van der Waals surface area contributed by atoms with Gasteiger partial charge in [0.15, 0.2) is 0 Å². The van der Waals surface area contributed by atoms with Crippen molar-refractivity contribution in [2.45, 2.75) is 70.0 Å². The third-order valence-corrected chi connectivity index (χ3v) is 4.94. The monoisotopic (exact) mass is 294 g/mol. The molecule has 2 N–H and O–H groups in total. The van der Waals surface area contributed by atoms with Crippen LogP contribution < -0.4 is 10.6 Å². The smallest absolute Gasteiger partial charge is 0.265 e. The molecular formula is C14H22N4OS. The molecule has 110 valence electrons. The molecule has 2 fully saturated rings. The first-order valence-electron chi connectivity index (χ1n) is 7.33. The number of nitrogens with one attached hydrogen (secondary N) is 2. The molecule has 0 saturated carbocycles. The van der Waals surface area contributed by atoms with E-state index in [-0.39, 0.29) is 17.4 Å². The molecule has 0 aliphatic carbocycles. The van der Waals surface area contributed by atoms with Crippen molar-refractivity contribution < 1.29 is 4.79 Å². The summed E-state index contributed by atoms with van der Waals surface area (Å²) in [5.41, 5.74) is 0.657. The van der Waals surface area contributed by atoms with Gasteiger partial charge in [-0.3, -0.25) is 4.79 Å². The Labute approximate surface area is 123 Å². The maximum absolute atomic E-state index is 12.5. The fraction of sp³-hybridized carbons (Fsp3) is 0.786. The highest BCUT2D eigenvalue weighted by Gasteiger charge is 2.35. The zero-order valence-corrected chi connectivity index (χ0v) is 13.1. The number of amides is 1. The van der Waals surface area contributed by atoms with Gasteiger partial charge in [0.1, 0.15) is 4.88 Å². The van der Waals surface area contributed by atoms with E-state index in [0.717, 1.165) is 18.5 Å². The number of carbonyl (C=O) groups excluding carboxylic acids is 1. The van der Waals surface area contributed by atoms with Gasteiger partial charge in [-0.15, -0.1) is 5.10 Å². The zero-order chi connectivity index (χ0) is 14.3. The lowest BCUT2D eigenvalue weighted by Gasteiger charge is -2.29. The molecule has 1 aromatic heterocycles. The molecule has 2 aliphatic heterocycles. The number of hydrogen-bond acceptors (Lipinski definition) is 5. The van der Waals surface area contributed by atoms with E-state index in [1.165, 1.54) is 24.4 Å². The Morgan fingerprint density at radius 3 is 2.55 bits per heavy atom. The molecule has 2 bridgehead atoms. The number of nitrogens with zero attached hydrogens (tertiary/aromatic N) is 2. The van der Waals surface area contributed by atoms with Crippen LogP contribution in [0.5, 0.6) is 0 Å². The van der Waals surface area contributed by atoms with Crippen molar-refractivity contribution in [3.05, 3.63) is 10.6 Å². The predicted molar refractivity (Wildman–Crippen MR) is 79.0 cm³/mol. The minimum atomic E-state index is -0.146. The van der Waals surface area contributed by atoms with Crippen molar-refractivity contribution in [3.8, 4) is 0 Å². The summed E-state index contributed by atoms with van der Waals surface area (Å²) in [4.78, 5) is 13.1. The summed E-state index contributed by atoms with van der Waals surface area (Å²) < 4.78 is 3.96. The average molecular weight is 294 g/mol. The van der Waals surface area contributed by atoms with Gasteiger partial charge in [-0.25, -0.2) is 0 Å². The van der Waals surface area contributed by atoms with Crippen molar-refractivity contribution in [1.29, 1.82) is 0 Å². The van der Waals surface area contributed by atoms with Crippen LogP contribution in [0.2, 0.25) is 0 Å². The number of aromatic nitrogens is 2. The molecule has 2 aliphatic rings. The van der Waals surface area contributed by atoms with Gasteiger partial charge in [0.2, 0.25) is 0 Å². The highest BCUT2D eigenvalue weighted by molar-refractivity contribution is 7.08. The highest BCUT2D eigenvalue weighted by atomic mass is 32.1. The lowest BCUT2D eigenvalue weighted by molar-refractivity contribution is 0.0925. The van der Waals surface area contributed by atoms with Gasteiger partial charge in [-0.2, -0.15) is 0 Å². The van der Waals surface area contributed by atoms with Gasteiger partial charge in [-0.05, 0) is 37.2 Å². The number of fused-ring (bicyclic) bond motifs is 2. The van der Waals surface area contributed by atoms with Crippen molar-refractivity contribution in [3.63, 3.8) is 0 Å². The van der Waals surface area contributed by atoms with Crippen molar-refractivity contribution >= 4 is 17.4 Å². The molecular weight excluding hydrogens is 272 g/mol. The fourth-order valence-corrected chi connectivity index (χ4v) is 4.04. The summed E-state index contributed by atoms with van der Waals surface area (Å²) in [5, 5.41) is 10.9. The lowest BCUT2D eigenvalue weighted by Crippen LogP contribution is -2.48. The van der Waals surface area contributed by atoms with Crippen LogP contribution >= 0.6 is 11.5 Å². The third kappa shape index (κ3) is 2.72. The van der Waals surface area contributed by atoms with Gasteiger partial charge in [0, 0.05) is 23.5 Å². The Morgan fingerprint density at radius 2 is 1.95 bits per heavy atom. The summed E-state index contributed by atoms with van der Waals surface area (Å²) >= 11 is 1.20. The van der Waals surface area contributed by atoms with Gasteiger partial charge in [0.25, 0.3) is 5.91 Å². The molecule has 2 unspecified atom stereocenters. The third-order valence-electron chi connectivity index (χ3n) is 4.21. The second-order valence-electron chi connectivity index (χ2n) is 6.98. The summed E-state index contributed by atoms with van der Waals surface area (Å²) in [5.74, 6) is -0.00350. The summed E-state index contributed by atoms with van der Waals surface area (Å²) in [6, 6.07) is 1.46. The van der Waals surface area contributed by atoms with Crippen LogP contribution in [-0.4, -0.2) is 33.6 Å². The number of rotatable bonds is 2. The molecule has 2 saturated heterocycles. The Balaban J connectivity index is 1.69. The van der Waals surface area contributed by atoms with E-state index < -0.39 is 0 Å². The SMILES string of the molecule is CC(C)(C)c1nnsc1C(=O)NC1CC2CCC(C1)N2. The molecule has 0 radical (unpaired) electrons. The van der Waals surface area contributed by atoms with Crippen molar-refractivity contribution in [1.82, 2.24) is 20.2 Å². The van der Waals surface area contributed by atoms with E-state index in [2.05, 4.69) is 41.0 Å². The van der Waals surface area contributed by atoms with Crippen LogP contribution in [0.25, 0.3) is 0 Å². The Morgan fingerprint density at radius 1 is 1.30 bits per heavy atom. The average Bonchev–Trinajstić information content (AvgIpc) is 2.95. The number of hydrogen-bond donors (Lipinski definition) is 2. The lowest BCUT2D eigenvalue weighted by atomic mass is 9.91. The molecule has 3 heterocycles. The quantitative estimate of drug-likeness (QED) is 0.873. The van der Waals surface area contributed by atoms with Crippen molar-refractivity contribution in [2.24, 2.45) is 0 Å². The Kier molecular flexibility index (Phi) is 3.54. The molecule has 20 heavy (non-hydrogen) atoms. The van der Waals surface area contributed by atoms with Crippen LogP contribution in [0, 0.1) is 0 Å². The molecule has 1 aromatic rings.